The van der Waals surface area contributed by atoms with Crippen LogP contribution in [-0.2, 0) is 20.7 Å². The Morgan fingerprint density at radius 1 is 0.909 bits per heavy atom. The molecule has 0 aliphatic carbocycles. The number of piperidine rings is 2. The van der Waals surface area contributed by atoms with E-state index in [-0.39, 0.29) is 17.9 Å². The van der Waals surface area contributed by atoms with E-state index < -0.39 is 7.14 Å². The Bertz CT molecular complexity index is 2060. The van der Waals surface area contributed by atoms with Crippen LogP contribution in [0.4, 0.5) is 34.5 Å². The number of piperazine rings is 1. The number of aromatic nitrogens is 2. The number of amides is 2. The van der Waals surface area contributed by atoms with E-state index in [1.165, 1.54) is 11.8 Å². The highest BCUT2D eigenvalue weighted by atomic mass is 35.5. The Morgan fingerprint density at radius 2 is 1.69 bits per heavy atom. The number of nitrogens with one attached hydrogen (secondary N) is 4. The first-order chi connectivity index (χ1) is 26.5. The predicted octanol–water partition coefficient (Wildman–Crippen LogP) is 5.88. The van der Waals surface area contributed by atoms with Crippen LogP contribution >= 0.6 is 18.7 Å². The maximum Gasteiger partial charge on any atom is 0.249 e. The number of hydrogen-bond donors (Lipinski definition) is 4. The van der Waals surface area contributed by atoms with Gasteiger partial charge in [0.05, 0.1) is 24.7 Å². The van der Waals surface area contributed by atoms with Gasteiger partial charge in [0.1, 0.15) is 24.0 Å². The van der Waals surface area contributed by atoms with Gasteiger partial charge in [0.15, 0.2) is 5.82 Å². The van der Waals surface area contributed by atoms with Crippen molar-refractivity contribution >= 4 is 70.4 Å². The topological polar surface area (TPSA) is 144 Å². The molecule has 4 N–H and O–H groups in total. The standard InChI is InChI=1S/C40H49ClN9O4P/c1-54-35-24-30(11-12-32(35)45-40-42-25-31(41)38(47-40)44-33-9-4-5-10-36(33)55(2,3)53)49-17-15-29(16-18-49)50-21-19-48(20-22-50)26-27-7-6-8-28(23-27)43-34-13-14-37(51)46-39(34)52/h4-12,23-25,29,34,43H,13-22,26H2,1-3H3,(H,46,51,52)(H2,42,44,45,47). The number of anilines is 6. The summed E-state index contributed by atoms with van der Waals surface area (Å²) in [5.74, 6) is 0.983. The van der Waals surface area contributed by atoms with E-state index in [4.69, 9.17) is 16.3 Å². The molecule has 7 rings (SSSR count). The summed E-state index contributed by atoms with van der Waals surface area (Å²) >= 11 is 6.48. The van der Waals surface area contributed by atoms with Crippen LogP contribution in [0, 0.1) is 0 Å². The van der Waals surface area contributed by atoms with Crippen LogP contribution in [0.2, 0.25) is 5.02 Å². The molecular formula is C40H49ClN9O4P. The molecule has 2 amide bonds. The molecule has 1 atom stereocenters. The number of imide groups is 1. The number of benzene rings is 3. The van der Waals surface area contributed by atoms with Gasteiger partial charge in [0, 0.05) is 81.0 Å². The Kier molecular flexibility index (Phi) is 11.9. The Labute approximate surface area is 327 Å². The number of ether oxygens (including phenoxy) is 1. The highest BCUT2D eigenvalue weighted by Crippen LogP contribution is 2.39. The number of nitrogens with zero attached hydrogens (tertiary/aromatic N) is 5. The van der Waals surface area contributed by atoms with Crippen LogP contribution in [0.3, 0.4) is 0 Å². The molecule has 55 heavy (non-hydrogen) atoms. The van der Waals surface area contributed by atoms with E-state index in [0.717, 1.165) is 81.0 Å². The molecule has 3 aliphatic rings. The van der Waals surface area contributed by atoms with Crippen LogP contribution < -0.4 is 36.2 Å². The summed E-state index contributed by atoms with van der Waals surface area (Å²) in [5, 5.41) is 13.3. The summed E-state index contributed by atoms with van der Waals surface area (Å²) < 4.78 is 18.7. The van der Waals surface area contributed by atoms with Crippen molar-refractivity contribution in [3.05, 3.63) is 83.5 Å². The van der Waals surface area contributed by atoms with Crippen LogP contribution in [-0.4, -0.2) is 103 Å². The second-order valence-corrected chi connectivity index (χ2v) is 18.4. The molecule has 3 saturated heterocycles. The fourth-order valence-electron chi connectivity index (χ4n) is 7.62. The summed E-state index contributed by atoms with van der Waals surface area (Å²) in [6.45, 7) is 10.4. The van der Waals surface area contributed by atoms with Crippen molar-refractivity contribution in [3.8, 4) is 5.75 Å². The molecule has 0 saturated carbocycles. The average molecular weight is 786 g/mol. The van der Waals surface area contributed by atoms with Crippen LogP contribution in [0.5, 0.6) is 5.75 Å². The zero-order chi connectivity index (χ0) is 38.5. The quantitative estimate of drug-likeness (QED) is 0.101. The predicted molar refractivity (Wildman–Crippen MR) is 220 cm³/mol. The Balaban J connectivity index is 0.901. The normalized spacial score (nSPS) is 18.8. The zero-order valence-electron chi connectivity index (χ0n) is 31.6. The molecule has 3 aliphatic heterocycles. The third kappa shape index (κ3) is 9.59. The van der Waals surface area contributed by atoms with Crippen LogP contribution in [0.25, 0.3) is 0 Å². The fourth-order valence-corrected chi connectivity index (χ4v) is 8.91. The SMILES string of the molecule is COc1cc(N2CCC(N3CCN(Cc4cccc(NC5CCC(=O)NC5=O)c4)CC3)CC2)ccc1Nc1ncc(Cl)c(Nc2ccccc2P(C)(C)=O)n1. The minimum Gasteiger partial charge on any atom is -0.494 e. The number of rotatable bonds is 12. The van der Waals surface area contributed by atoms with Crippen molar-refractivity contribution in [1.29, 1.82) is 0 Å². The Hall–Kier alpha value is -4.68. The minimum absolute atomic E-state index is 0.205. The molecule has 13 nitrogen and oxygen atoms in total. The van der Waals surface area contributed by atoms with Gasteiger partial charge < -0.3 is 30.2 Å². The number of halogens is 1. The summed E-state index contributed by atoms with van der Waals surface area (Å²) in [6.07, 6.45) is 4.60. The van der Waals surface area contributed by atoms with E-state index in [2.05, 4.69) is 70.2 Å². The molecular weight excluding hydrogens is 737 g/mol. The lowest BCUT2D eigenvalue weighted by Crippen LogP contribution is -2.53. The molecule has 1 aromatic heterocycles. The second-order valence-electron chi connectivity index (χ2n) is 14.8. The third-order valence-corrected chi connectivity index (χ3v) is 12.4. The largest absolute Gasteiger partial charge is 0.494 e. The van der Waals surface area contributed by atoms with Gasteiger partial charge in [-0.3, -0.25) is 24.7 Å². The van der Waals surface area contributed by atoms with E-state index in [9.17, 15) is 14.2 Å². The highest BCUT2D eigenvalue weighted by Gasteiger charge is 2.29. The van der Waals surface area contributed by atoms with Gasteiger partial charge in [-0.25, -0.2) is 4.98 Å². The maximum absolute atomic E-state index is 12.9. The molecule has 0 radical (unpaired) electrons. The summed E-state index contributed by atoms with van der Waals surface area (Å²) in [6, 6.07) is 22.0. The maximum atomic E-state index is 12.9. The first-order valence-corrected chi connectivity index (χ1v) is 21.8. The van der Waals surface area contributed by atoms with Crippen molar-refractivity contribution in [2.24, 2.45) is 0 Å². The van der Waals surface area contributed by atoms with Gasteiger partial charge in [-0.15, -0.1) is 0 Å². The molecule has 1 unspecified atom stereocenters. The van der Waals surface area contributed by atoms with E-state index in [0.29, 0.717) is 47.1 Å². The molecule has 3 fully saturated rings. The molecule has 290 valence electrons. The molecule has 3 aromatic carbocycles. The number of carbonyl (C=O) groups excluding carboxylic acids is 2. The van der Waals surface area contributed by atoms with Crippen molar-refractivity contribution in [3.63, 3.8) is 0 Å². The van der Waals surface area contributed by atoms with E-state index in [1.54, 1.807) is 20.4 Å². The highest BCUT2D eigenvalue weighted by molar-refractivity contribution is 7.70. The molecule has 15 heteroatoms. The summed E-state index contributed by atoms with van der Waals surface area (Å²) in [5.41, 5.74) is 4.65. The summed E-state index contributed by atoms with van der Waals surface area (Å²) in [4.78, 5) is 40.3. The van der Waals surface area contributed by atoms with Crippen molar-refractivity contribution in [1.82, 2.24) is 25.1 Å². The second kappa shape index (κ2) is 17.0. The number of hydrogen-bond acceptors (Lipinski definition) is 12. The fraction of sp³-hybridized carbons (Fsp3) is 0.400. The number of carbonyl (C=O) groups is 2. The lowest BCUT2D eigenvalue weighted by molar-refractivity contribution is -0.133. The van der Waals surface area contributed by atoms with Crippen molar-refractivity contribution in [2.75, 3.05) is 80.6 Å². The number of para-hydroxylation sites is 1. The van der Waals surface area contributed by atoms with Gasteiger partial charge in [-0.2, -0.15) is 4.98 Å². The van der Waals surface area contributed by atoms with Gasteiger partial charge in [-0.05, 0) is 74.6 Å². The van der Waals surface area contributed by atoms with Gasteiger partial charge in [-0.1, -0.05) is 35.9 Å². The Morgan fingerprint density at radius 3 is 2.44 bits per heavy atom. The minimum atomic E-state index is -2.54. The summed E-state index contributed by atoms with van der Waals surface area (Å²) in [7, 11) is -0.881. The molecule has 0 spiro atoms. The third-order valence-electron chi connectivity index (χ3n) is 10.6. The lowest BCUT2D eigenvalue weighted by atomic mass is 10.0. The monoisotopic (exact) mass is 785 g/mol. The van der Waals surface area contributed by atoms with E-state index >= 15 is 0 Å². The number of methoxy groups -OCH3 is 1. The smallest absolute Gasteiger partial charge is 0.249 e. The van der Waals surface area contributed by atoms with Crippen LogP contribution in [0.15, 0.2) is 72.9 Å². The van der Waals surface area contributed by atoms with Gasteiger partial charge >= 0.3 is 0 Å². The van der Waals surface area contributed by atoms with Crippen molar-refractivity contribution < 1.29 is 18.9 Å². The first-order valence-electron chi connectivity index (χ1n) is 18.8. The first kappa shape index (κ1) is 38.6. The van der Waals surface area contributed by atoms with Crippen LogP contribution in [0.1, 0.15) is 31.2 Å². The average Bonchev–Trinajstić information content (AvgIpc) is 3.18. The molecule has 4 heterocycles. The zero-order valence-corrected chi connectivity index (χ0v) is 33.2. The van der Waals surface area contributed by atoms with Gasteiger partial charge in [0.25, 0.3) is 0 Å². The van der Waals surface area contributed by atoms with Gasteiger partial charge in [0.2, 0.25) is 17.8 Å². The van der Waals surface area contributed by atoms with E-state index in [1.807, 2.05) is 42.5 Å². The van der Waals surface area contributed by atoms with Crippen molar-refractivity contribution in [2.45, 2.75) is 44.3 Å². The molecule has 0 bridgehead atoms. The lowest BCUT2D eigenvalue weighted by Gasteiger charge is -2.43. The molecule has 4 aromatic rings.